The van der Waals surface area contributed by atoms with Crippen molar-refractivity contribution < 1.29 is 14.7 Å². The highest BCUT2D eigenvalue weighted by molar-refractivity contribution is 7.09. The van der Waals surface area contributed by atoms with Crippen molar-refractivity contribution in [3.63, 3.8) is 0 Å². The molecule has 108 valence electrons. The van der Waals surface area contributed by atoms with Crippen LogP contribution in [0.5, 0.6) is 0 Å². The summed E-state index contributed by atoms with van der Waals surface area (Å²) in [5.41, 5.74) is 0. The maximum Gasteiger partial charge on any atom is 0.308 e. The summed E-state index contributed by atoms with van der Waals surface area (Å²) < 4.78 is 0. The molecular weight excluding hydrogens is 274 g/mol. The summed E-state index contributed by atoms with van der Waals surface area (Å²) in [7, 11) is 0. The van der Waals surface area contributed by atoms with Crippen molar-refractivity contribution in [3.8, 4) is 0 Å². The fraction of sp³-hybridized carbons (Fsp3) is 0.600. The molecule has 4 atom stereocenters. The molecule has 2 aliphatic carbocycles. The standard InChI is InChI=1S/C15H19NO3S/c17-12(6-5-11-2-1-7-20-11)16-14-10-4-3-9(8-10)13(14)15(18)19/h1-2,7,9-10,13-14H,3-6,8H2,(H,16,17)(H,18,19). The van der Waals surface area contributed by atoms with E-state index in [9.17, 15) is 14.7 Å². The topological polar surface area (TPSA) is 66.4 Å². The number of fused-ring (bicyclic) bond motifs is 2. The second-order valence-electron chi connectivity index (χ2n) is 5.87. The molecule has 1 heterocycles. The van der Waals surface area contributed by atoms with Gasteiger partial charge in [0.05, 0.1) is 5.92 Å². The minimum atomic E-state index is -0.749. The van der Waals surface area contributed by atoms with Crippen LogP contribution in [0.15, 0.2) is 17.5 Å². The largest absolute Gasteiger partial charge is 0.481 e. The van der Waals surface area contributed by atoms with Gasteiger partial charge in [-0.15, -0.1) is 11.3 Å². The Morgan fingerprint density at radius 2 is 2.15 bits per heavy atom. The van der Waals surface area contributed by atoms with Crippen molar-refractivity contribution in [2.45, 2.75) is 38.1 Å². The lowest BCUT2D eigenvalue weighted by Crippen LogP contribution is -2.46. The van der Waals surface area contributed by atoms with Gasteiger partial charge in [-0.2, -0.15) is 0 Å². The SMILES string of the molecule is O=C(CCc1cccs1)NC1C2CCC(C2)C1C(=O)O. The summed E-state index contributed by atoms with van der Waals surface area (Å²) in [6.45, 7) is 0. The van der Waals surface area contributed by atoms with Crippen molar-refractivity contribution in [2.75, 3.05) is 0 Å². The van der Waals surface area contributed by atoms with Crippen LogP contribution >= 0.6 is 11.3 Å². The van der Waals surface area contributed by atoms with E-state index in [-0.39, 0.29) is 23.8 Å². The molecule has 2 N–H and O–H groups in total. The zero-order chi connectivity index (χ0) is 14.1. The molecule has 20 heavy (non-hydrogen) atoms. The molecule has 5 heteroatoms. The minimum absolute atomic E-state index is 0.0119. The van der Waals surface area contributed by atoms with Gasteiger partial charge in [0.15, 0.2) is 0 Å². The summed E-state index contributed by atoms with van der Waals surface area (Å²) >= 11 is 1.65. The number of aryl methyl sites for hydroxylation is 1. The lowest BCUT2D eigenvalue weighted by atomic mass is 9.84. The van der Waals surface area contributed by atoms with Crippen LogP contribution in [0.25, 0.3) is 0 Å². The summed E-state index contributed by atoms with van der Waals surface area (Å²) in [5, 5.41) is 14.3. The number of thiophene rings is 1. The van der Waals surface area contributed by atoms with E-state index in [0.29, 0.717) is 12.3 Å². The first-order chi connectivity index (χ1) is 9.65. The van der Waals surface area contributed by atoms with Gasteiger partial charge in [0, 0.05) is 17.3 Å². The molecule has 0 aliphatic heterocycles. The Bertz CT molecular complexity index is 499. The molecule has 4 unspecified atom stereocenters. The molecule has 3 rings (SSSR count). The Morgan fingerprint density at radius 3 is 2.85 bits per heavy atom. The number of carbonyl (C=O) groups excluding carboxylic acids is 1. The molecule has 0 aromatic carbocycles. The molecular formula is C15H19NO3S. The van der Waals surface area contributed by atoms with Gasteiger partial charge >= 0.3 is 5.97 Å². The van der Waals surface area contributed by atoms with E-state index in [4.69, 9.17) is 0 Å². The van der Waals surface area contributed by atoms with Crippen LogP contribution in [0, 0.1) is 17.8 Å². The second kappa shape index (κ2) is 5.56. The Hall–Kier alpha value is -1.36. The van der Waals surface area contributed by atoms with Gasteiger partial charge in [0.25, 0.3) is 0 Å². The Morgan fingerprint density at radius 1 is 1.35 bits per heavy atom. The highest BCUT2D eigenvalue weighted by Gasteiger charge is 2.51. The van der Waals surface area contributed by atoms with Gasteiger partial charge in [0.2, 0.25) is 5.91 Å². The Labute approximate surface area is 122 Å². The molecule has 1 aromatic heterocycles. The lowest BCUT2D eigenvalue weighted by Gasteiger charge is -2.28. The number of rotatable bonds is 5. The third-order valence-corrected chi connectivity index (χ3v) is 5.64. The molecule has 1 aromatic rings. The molecule has 4 nitrogen and oxygen atoms in total. The molecule has 2 aliphatic rings. The third kappa shape index (κ3) is 2.59. The number of carboxylic acids is 1. The van der Waals surface area contributed by atoms with E-state index >= 15 is 0 Å². The molecule has 0 spiro atoms. The Kier molecular flexibility index (Phi) is 3.78. The van der Waals surface area contributed by atoms with Gasteiger partial charge in [-0.25, -0.2) is 0 Å². The first kappa shape index (κ1) is 13.6. The van der Waals surface area contributed by atoms with Crippen molar-refractivity contribution in [3.05, 3.63) is 22.4 Å². The zero-order valence-electron chi connectivity index (χ0n) is 11.2. The summed E-state index contributed by atoms with van der Waals surface area (Å²) in [6, 6.07) is 3.85. The maximum atomic E-state index is 12.0. The Balaban J connectivity index is 1.56. The maximum absolute atomic E-state index is 12.0. The first-order valence-corrected chi connectivity index (χ1v) is 8.07. The first-order valence-electron chi connectivity index (χ1n) is 7.19. The highest BCUT2D eigenvalue weighted by Crippen LogP contribution is 2.48. The van der Waals surface area contributed by atoms with E-state index in [1.807, 2.05) is 17.5 Å². The summed E-state index contributed by atoms with van der Waals surface area (Å²) in [4.78, 5) is 24.6. The van der Waals surface area contributed by atoms with E-state index in [1.54, 1.807) is 11.3 Å². The average Bonchev–Trinajstić information content (AvgIpc) is 3.12. The fourth-order valence-corrected chi connectivity index (χ4v) is 4.51. The molecule has 0 saturated heterocycles. The number of carboxylic acid groups (broad SMARTS) is 1. The summed E-state index contributed by atoms with van der Waals surface area (Å²) in [6.07, 6.45) is 4.21. The number of hydrogen-bond donors (Lipinski definition) is 2. The number of carbonyl (C=O) groups is 2. The van der Waals surface area contributed by atoms with Gasteiger partial charge in [-0.3, -0.25) is 9.59 Å². The van der Waals surface area contributed by atoms with Crippen LogP contribution in [-0.2, 0) is 16.0 Å². The van der Waals surface area contributed by atoms with Crippen LogP contribution in [0.2, 0.25) is 0 Å². The molecule has 2 saturated carbocycles. The number of aliphatic carboxylic acids is 1. The number of nitrogens with one attached hydrogen (secondary N) is 1. The fourth-order valence-electron chi connectivity index (χ4n) is 3.80. The van der Waals surface area contributed by atoms with Gasteiger partial charge < -0.3 is 10.4 Å². The minimum Gasteiger partial charge on any atom is -0.481 e. The predicted molar refractivity (Wildman–Crippen MR) is 76.5 cm³/mol. The van der Waals surface area contributed by atoms with E-state index in [0.717, 1.165) is 25.7 Å². The molecule has 0 radical (unpaired) electrons. The van der Waals surface area contributed by atoms with Gasteiger partial charge in [-0.1, -0.05) is 6.07 Å². The van der Waals surface area contributed by atoms with Crippen LogP contribution in [-0.4, -0.2) is 23.0 Å². The van der Waals surface area contributed by atoms with Gasteiger partial charge in [0.1, 0.15) is 0 Å². The van der Waals surface area contributed by atoms with Crippen molar-refractivity contribution in [1.29, 1.82) is 0 Å². The molecule has 1 amide bonds. The van der Waals surface area contributed by atoms with Crippen LogP contribution in [0.1, 0.15) is 30.6 Å². The number of hydrogen-bond acceptors (Lipinski definition) is 3. The summed E-state index contributed by atoms with van der Waals surface area (Å²) in [5.74, 6) is -0.505. The molecule has 2 fully saturated rings. The zero-order valence-corrected chi connectivity index (χ0v) is 12.1. The van der Waals surface area contributed by atoms with Gasteiger partial charge in [-0.05, 0) is 49.0 Å². The van der Waals surface area contributed by atoms with Crippen LogP contribution < -0.4 is 5.32 Å². The number of amides is 1. The van der Waals surface area contributed by atoms with Crippen molar-refractivity contribution >= 4 is 23.2 Å². The third-order valence-electron chi connectivity index (χ3n) is 4.71. The highest BCUT2D eigenvalue weighted by atomic mass is 32.1. The van der Waals surface area contributed by atoms with E-state index in [2.05, 4.69) is 5.32 Å². The predicted octanol–water partition coefficient (Wildman–Crippen LogP) is 2.30. The van der Waals surface area contributed by atoms with E-state index < -0.39 is 5.97 Å². The lowest BCUT2D eigenvalue weighted by molar-refractivity contribution is -0.144. The quantitative estimate of drug-likeness (QED) is 0.875. The average molecular weight is 293 g/mol. The van der Waals surface area contributed by atoms with E-state index in [1.165, 1.54) is 4.88 Å². The monoisotopic (exact) mass is 293 g/mol. The van der Waals surface area contributed by atoms with Crippen LogP contribution in [0.3, 0.4) is 0 Å². The van der Waals surface area contributed by atoms with Crippen molar-refractivity contribution in [1.82, 2.24) is 5.32 Å². The molecule has 2 bridgehead atoms. The van der Waals surface area contributed by atoms with Crippen molar-refractivity contribution in [2.24, 2.45) is 17.8 Å². The normalized spacial score (nSPS) is 31.4. The van der Waals surface area contributed by atoms with Crippen LogP contribution in [0.4, 0.5) is 0 Å². The second-order valence-corrected chi connectivity index (χ2v) is 6.90. The smallest absolute Gasteiger partial charge is 0.308 e.